The second-order valence-corrected chi connectivity index (χ2v) is 6.44. The lowest BCUT2D eigenvalue weighted by Gasteiger charge is -2.16. The van der Waals surface area contributed by atoms with Crippen molar-refractivity contribution in [2.24, 2.45) is 0 Å². The standard InChI is InChI=1S/C18H21N5O5/c1-27-11-5-3-2-4-10(11)6-19-16-13-17(21-8-20-16)23(9-22-13)18-15(26)14(25)12(7-24)28-18/h2-5,8-9,12,14-15,18,24-26H,6-7H2,1H3,(H,19,20,21)/t12-,14-,15+,18-/m1/s1. The van der Waals surface area contributed by atoms with Gasteiger partial charge in [-0.3, -0.25) is 4.57 Å². The SMILES string of the molecule is COc1ccccc1CNc1ncnc2c1ncn2[C@@H]1O[C@H](CO)[C@@H](O)[C@@H]1O. The lowest BCUT2D eigenvalue weighted by atomic mass is 10.1. The summed E-state index contributed by atoms with van der Waals surface area (Å²) in [7, 11) is 1.62. The third-order valence-electron chi connectivity index (χ3n) is 4.79. The molecule has 4 rings (SSSR count). The molecule has 10 heteroatoms. The smallest absolute Gasteiger partial charge is 0.167 e. The van der Waals surface area contributed by atoms with Gasteiger partial charge in [-0.25, -0.2) is 15.0 Å². The summed E-state index contributed by atoms with van der Waals surface area (Å²) in [4.78, 5) is 12.8. The quantitative estimate of drug-likeness (QED) is 0.463. The first-order valence-corrected chi connectivity index (χ1v) is 8.79. The van der Waals surface area contributed by atoms with Gasteiger partial charge in [0.25, 0.3) is 0 Å². The fourth-order valence-corrected chi connectivity index (χ4v) is 3.31. The van der Waals surface area contributed by atoms with Crippen LogP contribution in [0.4, 0.5) is 5.82 Å². The van der Waals surface area contributed by atoms with Crippen molar-refractivity contribution in [3.8, 4) is 5.75 Å². The average Bonchev–Trinajstić information content (AvgIpc) is 3.28. The summed E-state index contributed by atoms with van der Waals surface area (Å²) in [5.41, 5.74) is 1.89. The number of imidazole rings is 1. The molecule has 1 aromatic carbocycles. The monoisotopic (exact) mass is 387 g/mol. The van der Waals surface area contributed by atoms with E-state index in [0.717, 1.165) is 11.3 Å². The number of nitrogens with one attached hydrogen (secondary N) is 1. The van der Waals surface area contributed by atoms with Crippen molar-refractivity contribution in [3.05, 3.63) is 42.5 Å². The molecule has 10 nitrogen and oxygen atoms in total. The number of aliphatic hydroxyl groups is 3. The number of aromatic nitrogens is 4. The van der Waals surface area contributed by atoms with Crippen LogP contribution in [-0.4, -0.2) is 66.9 Å². The lowest BCUT2D eigenvalue weighted by molar-refractivity contribution is -0.0511. The maximum absolute atomic E-state index is 10.3. The van der Waals surface area contributed by atoms with Gasteiger partial charge in [-0.15, -0.1) is 0 Å². The molecule has 148 valence electrons. The topological polar surface area (TPSA) is 135 Å². The zero-order chi connectivity index (χ0) is 19.7. The molecule has 0 saturated carbocycles. The number of hydrogen-bond donors (Lipinski definition) is 4. The molecule has 0 amide bonds. The lowest BCUT2D eigenvalue weighted by Crippen LogP contribution is -2.33. The van der Waals surface area contributed by atoms with E-state index in [9.17, 15) is 15.3 Å². The number of rotatable bonds is 6. The fourth-order valence-electron chi connectivity index (χ4n) is 3.31. The molecule has 4 N–H and O–H groups in total. The number of methoxy groups -OCH3 is 1. The molecular formula is C18H21N5O5. The largest absolute Gasteiger partial charge is 0.496 e. The summed E-state index contributed by atoms with van der Waals surface area (Å²) >= 11 is 0. The van der Waals surface area contributed by atoms with Crippen molar-refractivity contribution in [2.75, 3.05) is 19.0 Å². The minimum absolute atomic E-state index is 0.401. The molecule has 1 aliphatic heterocycles. The third-order valence-corrected chi connectivity index (χ3v) is 4.79. The zero-order valence-corrected chi connectivity index (χ0v) is 15.1. The molecular weight excluding hydrogens is 366 g/mol. The molecule has 0 aliphatic carbocycles. The maximum Gasteiger partial charge on any atom is 0.167 e. The van der Waals surface area contributed by atoms with Crippen LogP contribution in [0.5, 0.6) is 5.75 Å². The minimum atomic E-state index is -1.21. The van der Waals surface area contributed by atoms with E-state index in [4.69, 9.17) is 9.47 Å². The van der Waals surface area contributed by atoms with Gasteiger partial charge in [0.15, 0.2) is 23.2 Å². The Morgan fingerprint density at radius 2 is 2.00 bits per heavy atom. The van der Waals surface area contributed by atoms with Crippen LogP contribution in [-0.2, 0) is 11.3 Å². The van der Waals surface area contributed by atoms with Crippen LogP contribution in [0.2, 0.25) is 0 Å². The van der Waals surface area contributed by atoms with Gasteiger partial charge in [0.1, 0.15) is 30.4 Å². The van der Waals surface area contributed by atoms with Gasteiger partial charge < -0.3 is 30.1 Å². The van der Waals surface area contributed by atoms with Crippen molar-refractivity contribution in [3.63, 3.8) is 0 Å². The summed E-state index contributed by atoms with van der Waals surface area (Å²) in [6.45, 7) is 0.0683. The molecule has 4 atom stereocenters. The highest BCUT2D eigenvalue weighted by Crippen LogP contribution is 2.32. The van der Waals surface area contributed by atoms with Gasteiger partial charge in [0, 0.05) is 12.1 Å². The molecule has 0 unspecified atom stereocenters. The maximum atomic E-state index is 10.3. The Bertz CT molecular complexity index is 964. The number of hydrogen-bond acceptors (Lipinski definition) is 9. The molecule has 1 saturated heterocycles. The van der Waals surface area contributed by atoms with E-state index >= 15 is 0 Å². The van der Waals surface area contributed by atoms with Crippen LogP contribution in [0.15, 0.2) is 36.9 Å². The van der Waals surface area contributed by atoms with Gasteiger partial charge in [0.05, 0.1) is 20.0 Å². The van der Waals surface area contributed by atoms with E-state index in [2.05, 4.69) is 20.3 Å². The highest BCUT2D eigenvalue weighted by molar-refractivity contribution is 5.82. The summed E-state index contributed by atoms with van der Waals surface area (Å²) in [6.07, 6.45) is -1.34. The molecule has 28 heavy (non-hydrogen) atoms. The summed E-state index contributed by atoms with van der Waals surface area (Å²) in [5, 5.41) is 32.8. The zero-order valence-electron chi connectivity index (χ0n) is 15.1. The van der Waals surface area contributed by atoms with E-state index in [1.165, 1.54) is 17.2 Å². The van der Waals surface area contributed by atoms with Crippen molar-refractivity contribution >= 4 is 17.0 Å². The van der Waals surface area contributed by atoms with E-state index in [0.29, 0.717) is 23.5 Å². The van der Waals surface area contributed by atoms with Crippen LogP contribution in [0.1, 0.15) is 11.8 Å². The van der Waals surface area contributed by atoms with Gasteiger partial charge in [0.2, 0.25) is 0 Å². The molecule has 0 bridgehead atoms. The third kappa shape index (κ3) is 3.16. The molecule has 1 aliphatic rings. The average molecular weight is 387 g/mol. The van der Waals surface area contributed by atoms with Gasteiger partial charge in [-0.05, 0) is 6.07 Å². The number of aliphatic hydroxyl groups excluding tert-OH is 3. The van der Waals surface area contributed by atoms with Crippen LogP contribution in [0, 0.1) is 0 Å². The summed E-state index contributed by atoms with van der Waals surface area (Å²) < 4.78 is 12.4. The first kappa shape index (κ1) is 18.6. The Morgan fingerprint density at radius 1 is 1.18 bits per heavy atom. The predicted octanol–water partition coefficient (Wildman–Crippen LogP) is 0.0585. The van der Waals surface area contributed by atoms with Gasteiger partial charge >= 0.3 is 0 Å². The molecule has 0 radical (unpaired) electrons. The van der Waals surface area contributed by atoms with Crippen molar-refractivity contribution in [2.45, 2.75) is 31.1 Å². The van der Waals surface area contributed by atoms with Crippen molar-refractivity contribution < 1.29 is 24.8 Å². The first-order valence-electron chi connectivity index (χ1n) is 8.79. The van der Waals surface area contributed by atoms with Crippen LogP contribution in [0.25, 0.3) is 11.2 Å². The number of anilines is 1. The van der Waals surface area contributed by atoms with E-state index in [1.54, 1.807) is 7.11 Å². The number of para-hydroxylation sites is 1. The fraction of sp³-hybridized carbons (Fsp3) is 0.389. The Balaban J connectivity index is 1.61. The van der Waals surface area contributed by atoms with Crippen molar-refractivity contribution in [1.29, 1.82) is 0 Å². The Labute approximate surface area is 160 Å². The van der Waals surface area contributed by atoms with Gasteiger partial charge in [-0.1, -0.05) is 18.2 Å². The second-order valence-electron chi connectivity index (χ2n) is 6.44. The van der Waals surface area contributed by atoms with Crippen LogP contribution in [0.3, 0.4) is 0 Å². The van der Waals surface area contributed by atoms with Crippen molar-refractivity contribution in [1.82, 2.24) is 19.5 Å². The molecule has 1 fully saturated rings. The molecule has 0 spiro atoms. The Morgan fingerprint density at radius 3 is 2.75 bits per heavy atom. The molecule has 2 aromatic heterocycles. The van der Waals surface area contributed by atoms with E-state index in [1.807, 2.05) is 24.3 Å². The molecule has 3 aromatic rings. The van der Waals surface area contributed by atoms with Crippen LogP contribution >= 0.6 is 0 Å². The first-order chi connectivity index (χ1) is 13.6. The number of nitrogens with zero attached hydrogens (tertiary/aromatic N) is 4. The van der Waals surface area contributed by atoms with E-state index in [-0.39, 0.29) is 0 Å². The minimum Gasteiger partial charge on any atom is -0.496 e. The molecule has 3 heterocycles. The summed E-state index contributed by atoms with van der Waals surface area (Å²) in [6, 6.07) is 7.64. The second kappa shape index (κ2) is 7.68. The normalized spacial score (nSPS) is 24.6. The highest BCUT2D eigenvalue weighted by atomic mass is 16.6. The predicted molar refractivity (Wildman–Crippen MR) is 98.7 cm³/mol. The van der Waals surface area contributed by atoms with E-state index < -0.39 is 31.1 Å². The summed E-state index contributed by atoms with van der Waals surface area (Å²) in [5.74, 6) is 1.28. The number of benzene rings is 1. The number of fused-ring (bicyclic) bond motifs is 1. The Hall–Kier alpha value is -2.79. The number of ether oxygens (including phenoxy) is 2. The van der Waals surface area contributed by atoms with Crippen LogP contribution < -0.4 is 10.1 Å². The van der Waals surface area contributed by atoms with Gasteiger partial charge in [-0.2, -0.15) is 0 Å². The Kier molecular flexibility index (Phi) is 5.09. The highest BCUT2D eigenvalue weighted by Gasteiger charge is 2.44.